The summed E-state index contributed by atoms with van der Waals surface area (Å²) in [5, 5.41) is 1.15. The lowest BCUT2D eigenvalue weighted by Crippen LogP contribution is -2.25. The quantitative estimate of drug-likeness (QED) is 0.513. The Morgan fingerprint density at radius 3 is 2.38 bits per heavy atom. The van der Waals surface area contributed by atoms with Crippen molar-refractivity contribution in [1.29, 1.82) is 0 Å². The van der Waals surface area contributed by atoms with Gasteiger partial charge in [-0.3, -0.25) is 9.36 Å². The third kappa shape index (κ3) is 4.18. The van der Waals surface area contributed by atoms with Crippen LogP contribution in [0.25, 0.3) is 22.2 Å². The summed E-state index contributed by atoms with van der Waals surface area (Å²) in [7, 11) is 0. The van der Waals surface area contributed by atoms with E-state index in [0.717, 1.165) is 22.4 Å². The van der Waals surface area contributed by atoms with Crippen molar-refractivity contribution >= 4 is 33.9 Å². The number of aryl methyl sites for hydroxylation is 1. The Bertz CT molecular complexity index is 1160. The van der Waals surface area contributed by atoms with Crippen LogP contribution in [0.2, 0.25) is 5.02 Å². The van der Waals surface area contributed by atoms with E-state index < -0.39 is 0 Å². The number of allylic oxidation sites excluding steroid dienone is 1. The summed E-state index contributed by atoms with van der Waals surface area (Å²) in [5.41, 5.74) is 3.95. The van der Waals surface area contributed by atoms with Gasteiger partial charge in [-0.1, -0.05) is 38.1 Å². The molecule has 0 aliphatic carbocycles. The van der Waals surface area contributed by atoms with Gasteiger partial charge in [0.2, 0.25) is 0 Å². The van der Waals surface area contributed by atoms with E-state index >= 15 is 0 Å². The number of aromatic nitrogens is 2. The Kier molecular flexibility index (Phi) is 6.04. The van der Waals surface area contributed by atoms with Gasteiger partial charge in [0.1, 0.15) is 11.6 Å². The topological polar surface area (TPSA) is 52.0 Å². The van der Waals surface area contributed by atoms with Gasteiger partial charge in [0, 0.05) is 22.9 Å². The Morgan fingerprint density at radius 1 is 1.14 bits per heavy atom. The predicted octanol–water partition coefficient (Wildman–Crippen LogP) is 5.85. The van der Waals surface area contributed by atoms with E-state index in [9.17, 15) is 9.59 Å². The van der Waals surface area contributed by atoms with Crippen LogP contribution in [0.4, 0.5) is 0 Å². The highest BCUT2D eigenvalue weighted by Gasteiger charge is 2.19. The maximum atomic E-state index is 13.5. The molecule has 0 fully saturated rings. The largest absolute Gasteiger partial charge is 0.300 e. The number of hydrogen-bond donors (Lipinski definition) is 0. The lowest BCUT2D eigenvalue weighted by atomic mass is 9.94. The lowest BCUT2D eigenvalue weighted by molar-refractivity contribution is -0.116. The minimum Gasteiger partial charge on any atom is -0.300 e. The van der Waals surface area contributed by atoms with Crippen molar-refractivity contribution in [2.24, 2.45) is 0 Å². The molecule has 0 saturated heterocycles. The molecule has 0 radical (unpaired) electrons. The SMILES string of the molecule is C=C(CCC(C)=O)c1c(C)ccc2c(=O)n(-c3ccc(Cl)cc3)c(C(C)C)nc12. The summed E-state index contributed by atoms with van der Waals surface area (Å²) >= 11 is 6.02. The fraction of sp³-hybridized carbons (Fsp3) is 0.292. The highest BCUT2D eigenvalue weighted by Crippen LogP contribution is 2.29. The van der Waals surface area contributed by atoms with Crippen LogP contribution in [0.3, 0.4) is 0 Å². The van der Waals surface area contributed by atoms with Crippen molar-refractivity contribution in [2.75, 3.05) is 0 Å². The third-order valence-corrected chi connectivity index (χ3v) is 5.26. The summed E-state index contributed by atoms with van der Waals surface area (Å²) < 4.78 is 1.65. The fourth-order valence-corrected chi connectivity index (χ4v) is 3.62. The number of hydrogen-bond acceptors (Lipinski definition) is 3. The average Bonchev–Trinajstić information content (AvgIpc) is 2.66. The molecule has 3 aromatic rings. The zero-order valence-electron chi connectivity index (χ0n) is 17.3. The molecule has 0 saturated carbocycles. The van der Waals surface area contributed by atoms with Crippen molar-refractivity contribution in [3.8, 4) is 5.69 Å². The summed E-state index contributed by atoms with van der Waals surface area (Å²) in [6, 6.07) is 10.9. The normalized spacial score (nSPS) is 11.2. The predicted molar refractivity (Wildman–Crippen MR) is 120 cm³/mol. The maximum Gasteiger partial charge on any atom is 0.265 e. The Morgan fingerprint density at radius 2 is 1.79 bits per heavy atom. The first-order chi connectivity index (χ1) is 13.7. The molecule has 0 atom stereocenters. The number of Topliss-reactive ketones (excluding diaryl/α,β-unsaturated/α-hetero) is 1. The van der Waals surface area contributed by atoms with E-state index in [1.54, 1.807) is 23.6 Å². The number of fused-ring (bicyclic) bond motifs is 1. The molecule has 0 aliphatic rings. The molecule has 0 bridgehead atoms. The first-order valence-corrected chi connectivity index (χ1v) is 10.1. The van der Waals surface area contributed by atoms with Crippen LogP contribution in [0.1, 0.15) is 56.5 Å². The van der Waals surface area contributed by atoms with Crippen LogP contribution in [-0.2, 0) is 4.79 Å². The zero-order chi connectivity index (χ0) is 21.3. The molecule has 0 amide bonds. The van der Waals surface area contributed by atoms with Gasteiger partial charge >= 0.3 is 0 Å². The first-order valence-electron chi connectivity index (χ1n) is 9.70. The van der Waals surface area contributed by atoms with Crippen LogP contribution < -0.4 is 5.56 Å². The van der Waals surface area contributed by atoms with Gasteiger partial charge in [-0.05, 0) is 61.7 Å². The molecule has 0 unspecified atom stereocenters. The number of nitrogens with zero attached hydrogens (tertiary/aromatic N) is 2. The fourth-order valence-electron chi connectivity index (χ4n) is 3.49. The van der Waals surface area contributed by atoms with Gasteiger partial charge in [0.25, 0.3) is 5.56 Å². The standard InChI is InChI=1S/C24H25ClN2O2/c1-14(2)23-26-22-20(24(29)27(23)19-11-9-18(25)10-12-19)13-7-16(4)21(22)15(3)6-8-17(5)28/h7,9-14H,3,6,8H2,1-2,4-5H3. The monoisotopic (exact) mass is 408 g/mol. The van der Waals surface area contributed by atoms with Crippen molar-refractivity contribution in [3.05, 3.63) is 75.3 Å². The summed E-state index contributed by atoms with van der Waals surface area (Å²) in [5.74, 6) is 0.822. The van der Waals surface area contributed by atoms with Crippen molar-refractivity contribution < 1.29 is 4.79 Å². The molecule has 2 aromatic carbocycles. The lowest BCUT2D eigenvalue weighted by Gasteiger charge is -2.19. The molecule has 4 nitrogen and oxygen atoms in total. The van der Waals surface area contributed by atoms with Crippen LogP contribution in [0.5, 0.6) is 0 Å². The van der Waals surface area contributed by atoms with Crippen LogP contribution in [0, 0.1) is 6.92 Å². The number of halogens is 1. The number of rotatable bonds is 6. The summed E-state index contributed by atoms with van der Waals surface area (Å²) in [6.07, 6.45) is 0.974. The van der Waals surface area contributed by atoms with Crippen molar-refractivity contribution in [3.63, 3.8) is 0 Å². The molecule has 3 rings (SSSR count). The highest BCUT2D eigenvalue weighted by atomic mass is 35.5. The second-order valence-corrected chi connectivity index (χ2v) is 8.14. The van der Waals surface area contributed by atoms with Crippen molar-refractivity contribution in [2.45, 2.75) is 46.5 Å². The van der Waals surface area contributed by atoms with E-state index in [-0.39, 0.29) is 17.3 Å². The van der Waals surface area contributed by atoms with Crippen LogP contribution in [-0.4, -0.2) is 15.3 Å². The molecule has 1 heterocycles. The number of carbonyl (C=O) groups is 1. The Labute approximate surface area is 175 Å². The van der Waals surface area contributed by atoms with E-state index in [1.807, 2.05) is 45.0 Å². The molecule has 0 N–H and O–H groups in total. The third-order valence-electron chi connectivity index (χ3n) is 5.01. The Hall–Kier alpha value is -2.72. The molecule has 150 valence electrons. The average molecular weight is 409 g/mol. The first kappa shape index (κ1) is 21.0. The van der Waals surface area contributed by atoms with Gasteiger partial charge in [-0.15, -0.1) is 0 Å². The van der Waals surface area contributed by atoms with Crippen LogP contribution >= 0.6 is 11.6 Å². The van der Waals surface area contributed by atoms with Crippen molar-refractivity contribution in [1.82, 2.24) is 9.55 Å². The van der Waals surface area contributed by atoms with Crippen LogP contribution in [0.15, 0.2) is 47.8 Å². The molecule has 0 spiro atoms. The smallest absolute Gasteiger partial charge is 0.265 e. The highest BCUT2D eigenvalue weighted by molar-refractivity contribution is 6.30. The Balaban J connectivity index is 2.31. The van der Waals surface area contributed by atoms with E-state index in [0.29, 0.717) is 34.6 Å². The van der Waals surface area contributed by atoms with E-state index in [4.69, 9.17) is 16.6 Å². The summed E-state index contributed by atoms with van der Waals surface area (Å²) in [6.45, 7) is 11.8. The van der Waals surface area contributed by atoms with E-state index in [1.165, 1.54) is 0 Å². The molecule has 29 heavy (non-hydrogen) atoms. The van der Waals surface area contributed by atoms with Gasteiger partial charge in [0.15, 0.2) is 0 Å². The summed E-state index contributed by atoms with van der Waals surface area (Å²) in [4.78, 5) is 29.9. The molecular weight excluding hydrogens is 384 g/mol. The molecule has 1 aromatic heterocycles. The maximum absolute atomic E-state index is 13.5. The number of ketones is 1. The van der Waals surface area contributed by atoms with E-state index in [2.05, 4.69) is 6.58 Å². The van der Waals surface area contributed by atoms with Gasteiger partial charge in [-0.25, -0.2) is 4.98 Å². The zero-order valence-corrected chi connectivity index (χ0v) is 18.0. The molecule has 5 heteroatoms. The van der Waals surface area contributed by atoms with Gasteiger partial charge < -0.3 is 4.79 Å². The molecule has 0 aliphatic heterocycles. The number of benzene rings is 2. The second kappa shape index (κ2) is 8.34. The number of carbonyl (C=O) groups excluding carboxylic acids is 1. The van der Waals surface area contributed by atoms with Gasteiger partial charge in [0.05, 0.1) is 16.6 Å². The van der Waals surface area contributed by atoms with Gasteiger partial charge in [-0.2, -0.15) is 0 Å². The molecular formula is C24H25ClN2O2. The minimum atomic E-state index is -0.123. The second-order valence-electron chi connectivity index (χ2n) is 7.70. The minimum absolute atomic E-state index is 0.0293.